The maximum atomic E-state index is 6.60. The van der Waals surface area contributed by atoms with Crippen molar-refractivity contribution in [3.05, 3.63) is 210 Å². The minimum absolute atomic E-state index is 0. The maximum absolute atomic E-state index is 6.60. The summed E-state index contributed by atoms with van der Waals surface area (Å²) in [5.41, 5.74) is 12.1. The van der Waals surface area contributed by atoms with E-state index in [9.17, 15) is 0 Å². The molecule has 0 spiro atoms. The van der Waals surface area contributed by atoms with Gasteiger partial charge in [0, 0.05) is 72.2 Å². The molecular formula is C56H53N4OPt-3. The van der Waals surface area contributed by atoms with Crippen LogP contribution in [0.3, 0.4) is 0 Å². The Bertz CT molecular complexity index is 2870. The number of hydrogen-bond donors (Lipinski definition) is 0. The van der Waals surface area contributed by atoms with Gasteiger partial charge in [0.15, 0.2) is 0 Å². The third kappa shape index (κ3) is 7.77. The predicted molar refractivity (Wildman–Crippen MR) is 253 cm³/mol. The number of para-hydroxylation sites is 1. The van der Waals surface area contributed by atoms with Crippen LogP contribution < -0.4 is 14.5 Å². The van der Waals surface area contributed by atoms with E-state index in [1.807, 2.05) is 24.4 Å². The van der Waals surface area contributed by atoms with E-state index in [0.29, 0.717) is 11.5 Å². The van der Waals surface area contributed by atoms with Crippen molar-refractivity contribution >= 4 is 33.2 Å². The summed E-state index contributed by atoms with van der Waals surface area (Å²) in [6.45, 7) is 22.5. The van der Waals surface area contributed by atoms with Gasteiger partial charge in [0.2, 0.25) is 0 Å². The number of anilines is 2. The second-order valence-electron chi connectivity index (χ2n) is 18.4. The maximum Gasteiger partial charge on any atom is 0.135 e. The Morgan fingerprint density at radius 3 is 1.77 bits per heavy atom. The quantitative estimate of drug-likeness (QED) is 0.135. The van der Waals surface area contributed by atoms with Crippen molar-refractivity contribution < 1.29 is 25.8 Å². The second kappa shape index (κ2) is 16.4. The Morgan fingerprint density at radius 2 is 1.13 bits per heavy atom. The summed E-state index contributed by atoms with van der Waals surface area (Å²) < 4.78 is 8.79. The van der Waals surface area contributed by atoms with Crippen LogP contribution in [-0.2, 0) is 37.3 Å². The Hall–Kier alpha value is -5.90. The average molecular weight is 993 g/mol. The van der Waals surface area contributed by atoms with Gasteiger partial charge in [-0.15, -0.1) is 48.1 Å². The van der Waals surface area contributed by atoms with Crippen LogP contribution in [-0.4, -0.2) is 9.55 Å². The van der Waals surface area contributed by atoms with Crippen LogP contribution in [0.1, 0.15) is 90.1 Å². The van der Waals surface area contributed by atoms with Crippen molar-refractivity contribution in [1.82, 2.24) is 9.55 Å². The Labute approximate surface area is 382 Å². The summed E-state index contributed by atoms with van der Waals surface area (Å²) in [7, 11) is 0. The number of rotatable bonds is 9. The van der Waals surface area contributed by atoms with Gasteiger partial charge in [0.1, 0.15) is 5.82 Å². The first-order valence-electron chi connectivity index (χ1n) is 21.2. The normalized spacial score (nSPS) is 13.6. The van der Waals surface area contributed by atoms with Gasteiger partial charge in [-0.3, -0.25) is 0 Å². The minimum Gasteiger partial charge on any atom is -0.509 e. The molecule has 0 saturated heterocycles. The third-order valence-electron chi connectivity index (χ3n) is 12.7. The predicted octanol–water partition coefficient (Wildman–Crippen LogP) is 14.2. The van der Waals surface area contributed by atoms with Gasteiger partial charge in [-0.1, -0.05) is 139 Å². The number of nitrogens with zero attached hydrogens (tertiary/aromatic N) is 4. The fraction of sp³-hybridized carbons (Fsp3) is 0.214. The van der Waals surface area contributed by atoms with Crippen LogP contribution in [0.2, 0.25) is 0 Å². The molecule has 0 fully saturated rings. The van der Waals surface area contributed by atoms with E-state index in [4.69, 9.17) is 9.72 Å². The van der Waals surface area contributed by atoms with Gasteiger partial charge >= 0.3 is 0 Å². The number of pyridine rings is 1. The number of allylic oxidation sites excluding steroid dienone is 2. The monoisotopic (exact) mass is 992 g/mol. The van der Waals surface area contributed by atoms with Crippen LogP contribution in [0.15, 0.2) is 163 Å². The summed E-state index contributed by atoms with van der Waals surface area (Å²) >= 11 is 0. The van der Waals surface area contributed by atoms with Crippen molar-refractivity contribution in [2.75, 3.05) is 9.80 Å². The molecule has 5 nitrogen and oxygen atoms in total. The largest absolute Gasteiger partial charge is 0.509 e. The molecule has 3 heterocycles. The van der Waals surface area contributed by atoms with Crippen molar-refractivity contribution in [3.8, 4) is 17.3 Å². The number of aromatic nitrogens is 2. The molecule has 0 unspecified atom stereocenters. The molecule has 0 aliphatic carbocycles. The molecule has 0 atom stereocenters. The third-order valence-corrected chi connectivity index (χ3v) is 12.7. The van der Waals surface area contributed by atoms with Gasteiger partial charge in [-0.05, 0) is 82.8 Å². The molecule has 0 N–H and O–H groups in total. The van der Waals surface area contributed by atoms with Gasteiger partial charge in [-0.25, -0.2) is 4.98 Å². The molecule has 9 rings (SSSR count). The number of benzene rings is 6. The van der Waals surface area contributed by atoms with Crippen LogP contribution in [0.4, 0.5) is 11.4 Å². The van der Waals surface area contributed by atoms with Crippen molar-refractivity contribution in [2.45, 2.75) is 78.6 Å². The molecule has 62 heavy (non-hydrogen) atoms. The second-order valence-corrected chi connectivity index (χ2v) is 18.4. The van der Waals surface area contributed by atoms with Crippen LogP contribution in [0.25, 0.3) is 27.6 Å². The van der Waals surface area contributed by atoms with E-state index in [0.717, 1.165) is 50.4 Å². The molecule has 6 heteroatoms. The first-order valence-corrected chi connectivity index (χ1v) is 21.2. The van der Waals surface area contributed by atoms with Gasteiger partial charge in [-0.2, -0.15) is 12.1 Å². The summed E-state index contributed by atoms with van der Waals surface area (Å²) in [5, 5.41) is 2.24. The van der Waals surface area contributed by atoms with Crippen LogP contribution >= 0.6 is 0 Å². The smallest absolute Gasteiger partial charge is 0.135 e. The van der Waals surface area contributed by atoms with Crippen LogP contribution in [0.5, 0.6) is 11.5 Å². The first-order chi connectivity index (χ1) is 29.2. The van der Waals surface area contributed by atoms with E-state index in [2.05, 4.69) is 223 Å². The molecule has 1 aliphatic rings. The zero-order chi connectivity index (χ0) is 42.7. The molecule has 0 radical (unpaired) electrons. The van der Waals surface area contributed by atoms with Crippen molar-refractivity contribution in [3.63, 3.8) is 0 Å². The molecule has 8 aromatic rings. The zero-order valence-electron chi connectivity index (χ0n) is 37.0. The van der Waals surface area contributed by atoms with E-state index in [-0.39, 0.29) is 37.3 Å². The molecule has 0 bridgehead atoms. The molecule has 2 aromatic heterocycles. The molecular weight excluding hydrogens is 940 g/mol. The standard InChI is InChI=1S/C56H53N4O.Pt/c1-38-39(2)59(46-32-43(55(6,7)40-19-12-10-13-20-40)31-44(33-46)56(8,9)41-21-14-11-15-22-41)37-58(38)45-23-18-24-47(35-45)61-48-27-28-50-49-25-16-17-26-51(49)60(52(50)36-48)53-34-42(29-30-57-53)54(3,4)5;/h10-34,37H,1-9H3;/q-3;. The van der Waals surface area contributed by atoms with Gasteiger partial charge in [0.25, 0.3) is 0 Å². The SMILES string of the molecule is CC1=C(C)N(c2cc(C(C)(C)c3ccccc3)cc(C(C)(C)c3ccccc3)c2)[CH-]N1c1[c-]c(Oc2[c-]c3c(cc2)c2ccccc2n3-c2cc(C(C)(C)C)ccn2)ccc1.[Pt]. The Kier molecular flexibility index (Phi) is 11.3. The fourth-order valence-corrected chi connectivity index (χ4v) is 8.59. The summed E-state index contributed by atoms with van der Waals surface area (Å²) in [4.78, 5) is 9.37. The molecule has 0 saturated carbocycles. The zero-order valence-corrected chi connectivity index (χ0v) is 39.3. The molecule has 0 amide bonds. The number of fused-ring (bicyclic) bond motifs is 3. The van der Waals surface area contributed by atoms with E-state index >= 15 is 0 Å². The summed E-state index contributed by atoms with van der Waals surface area (Å²) in [6.07, 6.45) is 1.90. The van der Waals surface area contributed by atoms with Crippen LogP contribution in [0, 0.1) is 18.8 Å². The van der Waals surface area contributed by atoms with E-state index in [1.165, 1.54) is 27.8 Å². The number of hydrogen-bond acceptors (Lipinski definition) is 4. The minimum atomic E-state index is -0.230. The first kappa shape index (κ1) is 42.8. The Balaban J connectivity index is 0.00000529. The molecule has 1 aliphatic heterocycles. The van der Waals surface area contributed by atoms with Gasteiger partial charge in [0.05, 0.1) is 0 Å². The van der Waals surface area contributed by atoms with Gasteiger partial charge < -0.3 is 19.1 Å². The Morgan fingerprint density at radius 1 is 0.532 bits per heavy atom. The van der Waals surface area contributed by atoms with Crippen molar-refractivity contribution in [2.24, 2.45) is 0 Å². The van der Waals surface area contributed by atoms with Crippen molar-refractivity contribution in [1.29, 1.82) is 0 Å². The van der Waals surface area contributed by atoms with E-state index in [1.54, 1.807) is 0 Å². The van der Waals surface area contributed by atoms with E-state index < -0.39 is 0 Å². The topological polar surface area (TPSA) is 33.5 Å². The fourth-order valence-electron chi connectivity index (χ4n) is 8.59. The molecule has 316 valence electrons. The average Bonchev–Trinajstić information content (AvgIpc) is 3.76. The summed E-state index contributed by atoms with van der Waals surface area (Å²) in [5.74, 6) is 2.08. The number of ether oxygens (including phenoxy) is 1. The summed E-state index contributed by atoms with van der Waals surface area (Å²) in [6, 6.07) is 58.9. The molecule has 6 aromatic carbocycles.